The number of fused-ring (bicyclic) bond motifs is 2. The Balaban J connectivity index is 0.856. The van der Waals surface area contributed by atoms with Crippen molar-refractivity contribution in [2.45, 2.75) is 107 Å². The minimum absolute atomic E-state index is 0.0425. The van der Waals surface area contributed by atoms with Crippen LogP contribution in [0.5, 0.6) is 17.2 Å². The number of nitro groups is 1. The van der Waals surface area contributed by atoms with Crippen molar-refractivity contribution in [3.8, 4) is 17.2 Å². The van der Waals surface area contributed by atoms with E-state index in [-0.39, 0.29) is 40.1 Å². The average Bonchev–Trinajstić information content (AvgIpc) is 3.78. The molecule has 4 fully saturated rings. The Labute approximate surface area is 390 Å². The number of nitrogens with one attached hydrogen (secondary N) is 3. The van der Waals surface area contributed by atoms with Crippen molar-refractivity contribution in [3.63, 3.8) is 0 Å². The molecule has 5 heterocycles. The van der Waals surface area contributed by atoms with Crippen molar-refractivity contribution in [1.82, 2.24) is 19.6 Å². The molecule has 17 heteroatoms. The number of H-pyrrole nitrogens is 1. The molecule has 0 radical (unpaired) electrons. The van der Waals surface area contributed by atoms with Crippen LogP contribution in [0.25, 0.3) is 11.0 Å². The second kappa shape index (κ2) is 17.7. The molecule has 2 saturated carbocycles. The van der Waals surface area contributed by atoms with Gasteiger partial charge in [0, 0.05) is 55.1 Å². The van der Waals surface area contributed by atoms with Crippen LogP contribution in [0.1, 0.15) is 106 Å². The van der Waals surface area contributed by atoms with E-state index in [1.54, 1.807) is 31.3 Å². The number of carbonyl (C=O) groups is 1. The molecule has 2 atom stereocenters. The number of benzene rings is 3. The van der Waals surface area contributed by atoms with Gasteiger partial charge in [0.1, 0.15) is 23.3 Å². The van der Waals surface area contributed by atoms with E-state index in [1.807, 2.05) is 12.1 Å². The molecule has 3 aliphatic heterocycles. The van der Waals surface area contributed by atoms with E-state index >= 15 is 0 Å². The number of aromatic nitrogens is 2. The third kappa shape index (κ3) is 9.06. The van der Waals surface area contributed by atoms with Crippen LogP contribution >= 0.6 is 0 Å². The zero-order valence-corrected chi connectivity index (χ0v) is 39.0. The van der Waals surface area contributed by atoms with Gasteiger partial charge in [0.15, 0.2) is 0 Å². The number of aromatic amines is 1. The number of hydrogen-bond donors (Lipinski definition) is 4. The van der Waals surface area contributed by atoms with Gasteiger partial charge in [0.2, 0.25) is 5.75 Å². The van der Waals surface area contributed by atoms with E-state index in [1.165, 1.54) is 23.4 Å². The number of nitrogens with zero attached hydrogens (tertiary/aromatic N) is 4. The Bertz CT molecular complexity index is 2790. The van der Waals surface area contributed by atoms with Crippen LogP contribution in [-0.4, -0.2) is 96.4 Å². The first-order chi connectivity index (χ1) is 32.1. The normalized spacial score (nSPS) is 24.4. The Morgan fingerprint density at radius 3 is 2.57 bits per heavy atom. The summed E-state index contributed by atoms with van der Waals surface area (Å²) >= 11 is 0. The lowest BCUT2D eigenvalue weighted by atomic mass is 9.59. The maximum Gasteiger partial charge on any atom is 0.314 e. The summed E-state index contributed by atoms with van der Waals surface area (Å²) in [5, 5.41) is 26.8. The third-order valence-corrected chi connectivity index (χ3v) is 16.4. The predicted octanol–water partition coefficient (Wildman–Crippen LogP) is 8.44. The monoisotopic (exact) mass is 933 g/mol. The predicted molar refractivity (Wildman–Crippen MR) is 254 cm³/mol. The van der Waals surface area contributed by atoms with Crippen molar-refractivity contribution < 1.29 is 37.5 Å². The second-order valence-electron chi connectivity index (χ2n) is 19.9. The minimum atomic E-state index is -4.65. The lowest BCUT2D eigenvalue weighted by Crippen LogP contribution is -2.58. The van der Waals surface area contributed by atoms with Gasteiger partial charge in [-0.05, 0) is 117 Å². The number of amides is 1. The van der Waals surface area contributed by atoms with Crippen molar-refractivity contribution in [2.75, 3.05) is 49.6 Å². The fraction of sp³-hybridized carbons (Fsp3) is 0.480. The van der Waals surface area contributed by atoms with Crippen LogP contribution in [0.15, 0.2) is 84.0 Å². The number of ether oxygens (including phenoxy) is 3. The highest BCUT2D eigenvalue weighted by molar-refractivity contribution is 7.90. The van der Waals surface area contributed by atoms with Gasteiger partial charge < -0.3 is 34.5 Å². The van der Waals surface area contributed by atoms with Crippen molar-refractivity contribution in [1.29, 1.82) is 0 Å². The van der Waals surface area contributed by atoms with Gasteiger partial charge in [-0.3, -0.25) is 19.8 Å². The summed E-state index contributed by atoms with van der Waals surface area (Å²) in [6, 6.07) is 20.5. The van der Waals surface area contributed by atoms with Gasteiger partial charge in [-0.15, -0.1) is 0 Å². The fourth-order valence-corrected chi connectivity index (χ4v) is 12.2. The van der Waals surface area contributed by atoms with E-state index in [0.717, 1.165) is 69.1 Å². The molecule has 1 spiro atoms. The lowest BCUT2D eigenvalue weighted by molar-refractivity contribution is -0.386. The number of morpholine rings is 1. The van der Waals surface area contributed by atoms with Crippen LogP contribution in [0.4, 0.5) is 17.1 Å². The first-order valence-electron chi connectivity index (χ1n) is 23.6. The average molecular weight is 934 g/mol. The zero-order valence-electron chi connectivity index (χ0n) is 38.2. The summed E-state index contributed by atoms with van der Waals surface area (Å²) in [4.78, 5) is 37.8. The molecule has 0 bridgehead atoms. The molecule has 1 amide bonds. The van der Waals surface area contributed by atoms with Crippen LogP contribution in [-0.2, 0) is 14.8 Å². The molecule has 2 aromatic heterocycles. The Morgan fingerprint density at radius 2 is 1.81 bits per heavy atom. The topological polar surface area (TPSA) is 201 Å². The minimum Gasteiger partial charge on any atom is -0.480 e. The number of hydrogen-bond acceptors (Lipinski definition) is 13. The number of aliphatic hydroxyl groups is 1. The van der Waals surface area contributed by atoms with Crippen molar-refractivity contribution >= 4 is 44.0 Å². The Morgan fingerprint density at radius 1 is 1.03 bits per heavy atom. The summed E-state index contributed by atoms with van der Waals surface area (Å²) in [5.41, 5.74) is 3.31. The molecular weight excluding hydrogens is 875 g/mol. The number of anilines is 2. The molecular formula is C50H59N7O9S. The molecule has 5 aromatic rings. The molecule has 10 rings (SSSR count). The molecule has 354 valence electrons. The maximum atomic E-state index is 14.1. The largest absolute Gasteiger partial charge is 0.480 e. The summed E-state index contributed by atoms with van der Waals surface area (Å²) in [5.74, 6) is -0.0521. The van der Waals surface area contributed by atoms with Gasteiger partial charge >= 0.3 is 5.69 Å². The molecule has 4 N–H and O–H groups in total. The highest BCUT2D eigenvalue weighted by Gasteiger charge is 2.50. The van der Waals surface area contributed by atoms with Crippen molar-refractivity contribution in [2.24, 2.45) is 11.3 Å². The van der Waals surface area contributed by atoms with E-state index in [0.29, 0.717) is 62.2 Å². The van der Waals surface area contributed by atoms with Crippen LogP contribution in [0, 0.1) is 21.4 Å². The summed E-state index contributed by atoms with van der Waals surface area (Å²) in [6.45, 7) is 10.6. The molecule has 67 heavy (non-hydrogen) atoms. The number of nitro benzene ring substituents is 1. The summed E-state index contributed by atoms with van der Waals surface area (Å²) in [6.07, 6.45) is 9.76. The maximum absolute atomic E-state index is 14.1. The number of carbonyl (C=O) groups excluding carboxylic acids is 1. The number of sulfonamides is 1. The SMILES string of the molecule is CC(C)c1ccccc1[C@@H]1COCCN1C1CC2(CCN(c3ccc(C(=O)NS(=O)(=O)c4cc5c(c([N+](=O)[O-])c4)O[C@@H](C4CCC(C)(O)CC4)CN5)c(Oc4cnc5[nH]ccc5c4)c3)CC2)C1. The number of pyridine rings is 1. The van der Waals surface area contributed by atoms with E-state index in [2.05, 4.69) is 67.9 Å². The smallest absolute Gasteiger partial charge is 0.314 e. The second-order valence-corrected chi connectivity index (χ2v) is 21.6. The Hall–Kier alpha value is -5.75. The van der Waals surface area contributed by atoms with E-state index < -0.39 is 43.1 Å². The highest BCUT2D eigenvalue weighted by Crippen LogP contribution is 2.53. The van der Waals surface area contributed by atoms with E-state index in [9.17, 15) is 28.4 Å². The van der Waals surface area contributed by atoms with Gasteiger partial charge in [0.25, 0.3) is 15.9 Å². The van der Waals surface area contributed by atoms with Gasteiger partial charge in [-0.25, -0.2) is 18.1 Å². The lowest BCUT2D eigenvalue weighted by Gasteiger charge is -2.57. The Kier molecular flexibility index (Phi) is 11.9. The molecule has 3 aromatic carbocycles. The molecule has 2 aliphatic carbocycles. The van der Waals surface area contributed by atoms with Crippen LogP contribution < -0.4 is 24.4 Å². The summed E-state index contributed by atoms with van der Waals surface area (Å²) < 4.78 is 48.7. The van der Waals surface area contributed by atoms with Gasteiger partial charge in [0.05, 0.1) is 58.7 Å². The number of rotatable bonds is 11. The molecule has 5 aliphatic rings. The van der Waals surface area contributed by atoms with Crippen LogP contribution in [0.3, 0.4) is 0 Å². The summed E-state index contributed by atoms with van der Waals surface area (Å²) in [7, 11) is -4.65. The molecule has 0 unspecified atom stereocenters. The quantitative estimate of drug-likeness (QED) is 0.0727. The first kappa shape index (κ1) is 45.1. The zero-order chi connectivity index (χ0) is 46.7. The molecule has 16 nitrogen and oxygen atoms in total. The van der Waals surface area contributed by atoms with E-state index in [4.69, 9.17) is 14.2 Å². The standard InChI is InChI=1S/C50H59N7O9S/c1-31(2)38-6-4-5-7-39(38)43-30-64-21-20-56(43)35-26-50(27-35)15-18-55(19-16-50)34-8-9-40(44(23-34)65-36-22-33-12-17-51-47(33)53-28-36)48(58)54-67(62,63)37-24-41-46(42(25-37)57(60)61)66-45(29-52-41)32-10-13-49(3,59)14-11-32/h4-9,12,17,22-25,28,31-32,35,43,45,52,59H,10-11,13-16,18-21,26-27,29-30H2,1-3H3,(H,51,53)(H,54,58)/t32?,43-,45+,49?/m0/s1. The van der Waals surface area contributed by atoms with Gasteiger partial charge in [-0.2, -0.15) is 0 Å². The first-order valence-corrected chi connectivity index (χ1v) is 25.1. The number of piperidine rings is 1. The van der Waals surface area contributed by atoms with Crippen LogP contribution in [0.2, 0.25) is 0 Å². The van der Waals surface area contributed by atoms with Crippen molar-refractivity contribution in [3.05, 3.63) is 106 Å². The van der Waals surface area contributed by atoms with Gasteiger partial charge in [-0.1, -0.05) is 38.1 Å². The highest BCUT2D eigenvalue weighted by atomic mass is 32.2. The molecule has 2 saturated heterocycles. The third-order valence-electron chi connectivity index (χ3n) is 15.1. The fourth-order valence-electron chi connectivity index (χ4n) is 11.2.